The second kappa shape index (κ2) is 11.4. The second-order valence-corrected chi connectivity index (χ2v) is 4.66. The fraction of sp³-hybridized carbons (Fsp3) is 0.667. The molecule has 1 unspecified atom stereocenters. The smallest absolute Gasteiger partial charge is 0.303 e. The average molecular weight is 301 g/mol. The minimum atomic E-state index is -0.916. The van der Waals surface area contributed by atoms with Crippen LogP contribution in [-0.2, 0) is 9.59 Å². The molecule has 1 N–H and O–H groups in total. The van der Waals surface area contributed by atoms with E-state index in [1.807, 2.05) is 0 Å². The Balaban J connectivity index is 0. The van der Waals surface area contributed by atoms with Crippen molar-refractivity contribution in [1.29, 1.82) is 0 Å². The summed E-state index contributed by atoms with van der Waals surface area (Å²) < 4.78 is 0. The number of carboxylic acid groups (broad SMARTS) is 1. The van der Waals surface area contributed by atoms with Gasteiger partial charge in [-0.1, -0.05) is 6.66 Å². The molecule has 3 nitrogen and oxygen atoms in total. The van der Waals surface area contributed by atoms with Crippen LogP contribution in [-0.4, -0.2) is 28.4 Å². The van der Waals surface area contributed by atoms with E-state index in [0.29, 0.717) is 0 Å². The van der Waals surface area contributed by atoms with E-state index in [4.69, 9.17) is 5.11 Å². The van der Waals surface area contributed by atoms with Gasteiger partial charge in [-0.15, -0.1) is 0 Å². The highest BCUT2D eigenvalue weighted by atomic mass is 127. The van der Waals surface area contributed by atoms with Gasteiger partial charge in [0.05, 0.1) is 6.42 Å². The monoisotopic (exact) mass is 301 g/mol. The summed E-state index contributed by atoms with van der Waals surface area (Å²) in [6.07, 6.45) is 0.102. The van der Waals surface area contributed by atoms with Gasteiger partial charge < -0.3 is 9.90 Å². The fourth-order valence-corrected chi connectivity index (χ4v) is 0.283. The van der Waals surface area contributed by atoms with Gasteiger partial charge in [-0.3, -0.25) is 4.79 Å². The van der Waals surface area contributed by atoms with Crippen molar-refractivity contribution >= 4 is 47.4 Å². The Hall–Kier alpha value is 0.365. The molecule has 12 heavy (non-hydrogen) atoms. The molecule has 1 atom stereocenters. The summed E-state index contributed by atoms with van der Waals surface area (Å²) in [6.45, 7) is 3.52. The lowest BCUT2D eigenvalue weighted by Gasteiger charge is -1.86. The molecule has 0 aliphatic rings. The van der Waals surface area contributed by atoms with Crippen LogP contribution in [0.15, 0.2) is 0 Å². The molecule has 0 saturated heterocycles. The van der Waals surface area contributed by atoms with Crippen molar-refractivity contribution in [2.24, 2.45) is 0 Å². The highest BCUT2D eigenvalue weighted by molar-refractivity contribution is 14.1. The topological polar surface area (TPSA) is 54.4 Å². The number of ketones is 1. The Morgan fingerprint density at radius 3 is 2.00 bits per heavy atom. The quantitative estimate of drug-likeness (QED) is 0.488. The Kier molecular flexibility index (Phi) is 14.1. The second-order valence-electron chi connectivity index (χ2n) is 1.99. The van der Waals surface area contributed by atoms with Crippen LogP contribution in [0.25, 0.3) is 0 Å². The maximum Gasteiger partial charge on any atom is 0.303 e. The number of rotatable bonds is 4. The molecule has 0 fully saturated rings. The molecule has 0 spiro atoms. The third kappa shape index (κ3) is 22.4. The summed E-state index contributed by atoms with van der Waals surface area (Å²) in [5.74, 6) is -0.993. The molecule has 0 aromatic heterocycles. The van der Waals surface area contributed by atoms with E-state index in [0.717, 1.165) is 8.46 Å². The van der Waals surface area contributed by atoms with E-state index in [1.54, 1.807) is 0 Å². The molecule has 0 aliphatic heterocycles. The van der Waals surface area contributed by atoms with Crippen molar-refractivity contribution in [1.82, 2.24) is 0 Å². The molecule has 0 aromatic rings. The number of carbonyl (C=O) groups excluding carboxylic acids is 1. The summed E-state index contributed by atoms with van der Waals surface area (Å²) >= 11 is 2.24. The summed E-state index contributed by atoms with van der Waals surface area (Å²) in [6, 6.07) is 0. The largest absolute Gasteiger partial charge is 0.481 e. The van der Waals surface area contributed by atoms with E-state index in [9.17, 15) is 9.59 Å². The van der Waals surface area contributed by atoms with E-state index in [2.05, 4.69) is 33.9 Å². The molecule has 0 aliphatic carbocycles. The lowest BCUT2D eigenvalue weighted by Crippen LogP contribution is -1.98. The zero-order chi connectivity index (χ0) is 9.98. The molecule has 1 radical (unpaired) electrons. The van der Waals surface area contributed by atoms with Crippen molar-refractivity contribution in [3.63, 3.8) is 0 Å². The van der Waals surface area contributed by atoms with Gasteiger partial charge in [-0.2, -0.15) is 30.8 Å². The molecule has 0 saturated carbocycles. The minimum Gasteiger partial charge on any atom is -0.481 e. The lowest BCUT2D eigenvalue weighted by atomic mass is 10.2. The maximum absolute atomic E-state index is 10.1. The lowest BCUT2D eigenvalue weighted by molar-refractivity contribution is -0.138. The Bertz CT molecular complexity index is 127. The molecule has 0 bridgehead atoms. The van der Waals surface area contributed by atoms with Crippen molar-refractivity contribution in [2.45, 2.75) is 19.8 Å². The van der Waals surface area contributed by atoms with Gasteiger partial charge in [-0.25, -0.2) is 0 Å². The van der Waals surface area contributed by atoms with Crippen molar-refractivity contribution < 1.29 is 14.7 Å². The van der Waals surface area contributed by atoms with Gasteiger partial charge in [0.2, 0.25) is 4.86 Å². The first-order valence-electron chi connectivity index (χ1n) is 3.35. The SMILES string of the molecule is CC(=O)CCC(=O)O.CP[B]I. The first-order chi connectivity index (χ1) is 5.54. The van der Waals surface area contributed by atoms with Crippen LogP contribution in [0, 0.1) is 0 Å². The Labute approximate surface area is 88.5 Å². The molecule has 0 aromatic carbocycles. The number of carbonyl (C=O) groups is 2. The average Bonchev–Trinajstić information content (AvgIpc) is 2.01. The molecule has 0 heterocycles. The number of hydrogen-bond acceptors (Lipinski definition) is 2. The highest BCUT2D eigenvalue weighted by Crippen LogP contribution is 2.00. The van der Waals surface area contributed by atoms with Crippen LogP contribution in [0.1, 0.15) is 19.8 Å². The third-order valence-electron chi connectivity index (χ3n) is 0.800. The van der Waals surface area contributed by atoms with Gasteiger partial charge in [-0.05, 0) is 6.92 Å². The number of Topliss-reactive ketones (excluding diaryl/α,β-unsaturated/α-hetero) is 1. The summed E-state index contributed by atoms with van der Waals surface area (Å²) in [7, 11) is 1.00. The molecule has 69 valence electrons. The van der Waals surface area contributed by atoms with Crippen LogP contribution < -0.4 is 0 Å². The zero-order valence-electron chi connectivity index (χ0n) is 7.13. The maximum atomic E-state index is 10.1. The van der Waals surface area contributed by atoms with Gasteiger partial charge in [0.1, 0.15) is 5.78 Å². The zero-order valence-corrected chi connectivity index (χ0v) is 10.3. The molecule has 6 heteroatoms. The van der Waals surface area contributed by atoms with Gasteiger partial charge in [0.15, 0.2) is 0 Å². The van der Waals surface area contributed by atoms with E-state index in [-0.39, 0.29) is 18.6 Å². The first-order valence-corrected chi connectivity index (χ1v) is 6.17. The van der Waals surface area contributed by atoms with E-state index in [1.165, 1.54) is 6.92 Å². The summed E-state index contributed by atoms with van der Waals surface area (Å²) in [5.41, 5.74) is 0. The van der Waals surface area contributed by atoms with Gasteiger partial charge in [0, 0.05) is 6.42 Å². The van der Waals surface area contributed by atoms with Crippen LogP contribution in [0.4, 0.5) is 0 Å². The van der Waals surface area contributed by atoms with Crippen LogP contribution >= 0.6 is 30.8 Å². The van der Waals surface area contributed by atoms with Crippen LogP contribution in [0.2, 0.25) is 0 Å². The molecule has 0 amide bonds. The Morgan fingerprint density at radius 2 is 1.92 bits per heavy atom. The van der Waals surface area contributed by atoms with Crippen molar-refractivity contribution in [2.75, 3.05) is 6.66 Å². The summed E-state index contributed by atoms with van der Waals surface area (Å²) in [5, 5.41) is 8.01. The molecular formula is C6H12BIO3P. The predicted molar refractivity (Wildman–Crippen MR) is 61.6 cm³/mol. The minimum absolute atomic E-state index is 0.0463. The van der Waals surface area contributed by atoms with Gasteiger partial charge in [0.25, 0.3) is 0 Å². The first kappa shape index (κ1) is 14.9. The fourth-order valence-electron chi connectivity index (χ4n) is 0.283. The third-order valence-corrected chi connectivity index (χ3v) is 2.89. The highest BCUT2D eigenvalue weighted by Gasteiger charge is 1.97. The standard InChI is InChI=1S/C5H8O3.CH4BIP/c1-4(6)2-3-5(7)8;1-4-2-3/h2-3H2,1H3,(H,7,8);4H,1H3. The Morgan fingerprint density at radius 1 is 1.50 bits per heavy atom. The van der Waals surface area contributed by atoms with E-state index >= 15 is 0 Å². The van der Waals surface area contributed by atoms with Crippen LogP contribution in [0.3, 0.4) is 0 Å². The predicted octanol–water partition coefficient (Wildman–Crippen LogP) is 1.70. The van der Waals surface area contributed by atoms with Crippen molar-refractivity contribution in [3.8, 4) is 0 Å². The number of hydrogen-bond donors (Lipinski definition) is 1. The number of carboxylic acids is 1. The molecular weight excluding hydrogens is 289 g/mol. The normalized spacial score (nSPS) is 8.92. The summed E-state index contributed by atoms with van der Waals surface area (Å²) in [4.78, 5) is 22.0. The van der Waals surface area contributed by atoms with Crippen LogP contribution in [0.5, 0.6) is 0 Å². The van der Waals surface area contributed by atoms with Gasteiger partial charge >= 0.3 is 5.97 Å². The molecule has 0 rings (SSSR count). The van der Waals surface area contributed by atoms with Crippen molar-refractivity contribution in [3.05, 3.63) is 0 Å². The van der Waals surface area contributed by atoms with E-state index < -0.39 is 5.97 Å². The number of aliphatic carboxylic acids is 1. The number of halogens is 1.